The van der Waals surface area contributed by atoms with E-state index < -0.39 is 22.3 Å². The molecular weight excluding hydrogens is 538 g/mol. The van der Waals surface area contributed by atoms with Crippen LogP contribution >= 0.6 is 11.8 Å². The summed E-state index contributed by atoms with van der Waals surface area (Å²) in [6.45, 7) is 14.7. The normalized spacial score (nSPS) is 15.7. The zero-order chi connectivity index (χ0) is 29.2. The van der Waals surface area contributed by atoms with Crippen molar-refractivity contribution in [1.82, 2.24) is 19.2 Å². The van der Waals surface area contributed by atoms with Gasteiger partial charge in [0.15, 0.2) is 0 Å². The molecule has 39 heavy (non-hydrogen) atoms. The summed E-state index contributed by atoms with van der Waals surface area (Å²) in [6.07, 6.45) is 10.5. The molecule has 2 aromatic rings. The summed E-state index contributed by atoms with van der Waals surface area (Å²) in [4.78, 5) is 17.5. The molecule has 0 spiro atoms. The molecule has 0 aliphatic carbocycles. The third kappa shape index (κ3) is 9.63. The van der Waals surface area contributed by atoms with Gasteiger partial charge in [0.1, 0.15) is 12.1 Å². The number of methoxy groups -OCH3 is 1. The first-order valence-electron chi connectivity index (χ1n) is 12.6. The minimum absolute atomic E-state index is 0.368. The highest BCUT2D eigenvalue weighted by atomic mass is 32.2. The van der Waals surface area contributed by atoms with Crippen LogP contribution in [-0.2, 0) is 19.0 Å². The number of thioether (sulfide) groups is 1. The Morgan fingerprint density at radius 1 is 1.05 bits per heavy atom. The predicted molar refractivity (Wildman–Crippen MR) is 160 cm³/mol. The molecule has 0 bridgehead atoms. The maximum absolute atomic E-state index is 12.9. The van der Waals surface area contributed by atoms with Gasteiger partial charge in [-0.05, 0) is 69.2 Å². The molecule has 1 aliphatic heterocycles. The van der Waals surface area contributed by atoms with Crippen molar-refractivity contribution in [1.29, 1.82) is 0 Å². The number of hydrogen-bond donors (Lipinski definition) is 0. The number of rotatable bonds is 10. The quantitative estimate of drug-likeness (QED) is 0.237. The van der Waals surface area contributed by atoms with E-state index in [0.717, 1.165) is 50.2 Å². The highest BCUT2D eigenvalue weighted by Crippen LogP contribution is 2.20. The Morgan fingerprint density at radius 3 is 2.26 bits per heavy atom. The lowest BCUT2D eigenvalue weighted by Gasteiger charge is -2.25. The Hall–Kier alpha value is -2.96. The molecular formula is C27H41N5O5S2. The van der Waals surface area contributed by atoms with Crippen molar-refractivity contribution in [3.8, 4) is 5.69 Å². The van der Waals surface area contributed by atoms with Crippen molar-refractivity contribution in [2.45, 2.75) is 32.4 Å². The zero-order valence-corrected chi connectivity index (χ0v) is 25.4. The second kappa shape index (κ2) is 15.0. The summed E-state index contributed by atoms with van der Waals surface area (Å²) in [6, 6.07) is 7.18. The van der Waals surface area contributed by atoms with Crippen molar-refractivity contribution in [3.05, 3.63) is 77.8 Å². The molecule has 12 heteroatoms. The topological polar surface area (TPSA) is 98.9 Å². The summed E-state index contributed by atoms with van der Waals surface area (Å²) in [5.74, 6) is 0.587. The molecule has 1 aromatic heterocycles. The van der Waals surface area contributed by atoms with Crippen LogP contribution in [0.4, 0.5) is 5.69 Å². The summed E-state index contributed by atoms with van der Waals surface area (Å²) < 4.78 is 35.6. The van der Waals surface area contributed by atoms with Gasteiger partial charge < -0.3 is 14.5 Å². The average molecular weight is 580 g/mol. The molecule has 2 heterocycles. The van der Waals surface area contributed by atoms with Crippen molar-refractivity contribution in [3.63, 3.8) is 0 Å². The number of aromatic nitrogens is 3. The van der Waals surface area contributed by atoms with E-state index in [0.29, 0.717) is 11.4 Å². The van der Waals surface area contributed by atoms with Gasteiger partial charge in [-0.15, -0.1) is 0 Å². The molecule has 1 aliphatic rings. The summed E-state index contributed by atoms with van der Waals surface area (Å²) in [7, 11) is -2.05. The summed E-state index contributed by atoms with van der Waals surface area (Å²) in [5.41, 5.74) is 2.30. The molecule has 0 unspecified atom stereocenters. The van der Waals surface area contributed by atoms with E-state index in [2.05, 4.69) is 28.1 Å². The maximum Gasteiger partial charge on any atom is 0.350 e. The van der Waals surface area contributed by atoms with Crippen LogP contribution in [0.15, 0.2) is 72.2 Å². The number of ether oxygens (including phenoxy) is 1. The number of anilines is 1. The number of nitrogens with zero attached hydrogens (tertiary/aromatic N) is 5. The number of hydrogen-bond acceptors (Lipinski definition) is 9. The van der Waals surface area contributed by atoms with Crippen LogP contribution in [0.25, 0.3) is 5.69 Å². The average Bonchev–Trinajstić information content (AvgIpc) is 3.10. The monoisotopic (exact) mass is 579 g/mol. The van der Waals surface area contributed by atoms with Crippen molar-refractivity contribution in [2.75, 3.05) is 57.0 Å². The minimum atomic E-state index is -3.64. The van der Waals surface area contributed by atoms with Crippen LogP contribution in [0.2, 0.25) is 0 Å². The lowest BCUT2D eigenvalue weighted by Crippen LogP contribution is -2.33. The Morgan fingerprint density at radius 2 is 1.67 bits per heavy atom. The van der Waals surface area contributed by atoms with E-state index >= 15 is 0 Å². The molecule has 216 valence electrons. The van der Waals surface area contributed by atoms with Gasteiger partial charge in [-0.1, -0.05) is 13.2 Å². The first-order chi connectivity index (χ1) is 18.4. The fourth-order valence-corrected chi connectivity index (χ4v) is 4.69. The first kappa shape index (κ1) is 32.3. The van der Waals surface area contributed by atoms with Gasteiger partial charge >= 0.3 is 5.69 Å². The maximum atomic E-state index is 12.9. The molecule has 2 atom stereocenters. The third-order valence-corrected chi connectivity index (χ3v) is 6.86. The molecule has 3 rings (SSSR count). The molecule has 0 saturated carbocycles. The minimum Gasteiger partial charge on any atom is -0.497 e. The SMILES string of the molecule is C=C(/C=C\C(=C)N1CCCN(c2ccc(-n3cnn([C@@H](C)[C@@H](C)OS(C)(=O)=O)c3=O)cc2)CC1)OC.CSC. The summed E-state index contributed by atoms with van der Waals surface area (Å²) >= 11 is 1.75. The molecule has 1 fully saturated rings. The van der Waals surface area contributed by atoms with Gasteiger partial charge in [0.25, 0.3) is 10.1 Å². The fourth-order valence-electron chi connectivity index (χ4n) is 3.98. The second-order valence-electron chi connectivity index (χ2n) is 9.22. The Balaban J connectivity index is 0.00000170. The highest BCUT2D eigenvalue weighted by molar-refractivity contribution is 7.97. The van der Waals surface area contributed by atoms with Crippen molar-refractivity contribution < 1.29 is 17.3 Å². The largest absolute Gasteiger partial charge is 0.497 e. The van der Waals surface area contributed by atoms with Gasteiger partial charge in [0.2, 0.25) is 0 Å². The van der Waals surface area contributed by atoms with Crippen LogP contribution in [0.1, 0.15) is 26.3 Å². The van der Waals surface area contributed by atoms with Gasteiger partial charge in [0.05, 0.1) is 31.2 Å². The lowest BCUT2D eigenvalue weighted by molar-refractivity contribution is 0.163. The summed E-state index contributed by atoms with van der Waals surface area (Å²) in [5, 5.41) is 4.17. The molecule has 0 radical (unpaired) electrons. The van der Waals surface area contributed by atoms with Gasteiger partial charge in [-0.2, -0.15) is 25.3 Å². The predicted octanol–water partition coefficient (Wildman–Crippen LogP) is 3.68. The van der Waals surface area contributed by atoms with Gasteiger partial charge in [-0.25, -0.2) is 14.0 Å². The smallest absolute Gasteiger partial charge is 0.350 e. The zero-order valence-electron chi connectivity index (χ0n) is 23.7. The Labute approximate surface area is 236 Å². The second-order valence-corrected chi connectivity index (χ2v) is 11.6. The standard InChI is InChI=1S/C25H35N5O5S.C2H6S/c1-19(8-9-20(2)34-5)27-14-7-15-28(17-16-27)23-10-12-24(13-11-23)29-18-26-30(25(29)31)21(3)22(4)35-36(6,32)33;1-3-2/h8-13,18,21-22H,1-2,7,14-17H2,3-6H3;1-2H3/b9-8-;/t21-,22+;/m0./s1. The molecule has 0 N–H and O–H groups in total. The lowest BCUT2D eigenvalue weighted by atomic mass is 10.2. The molecule has 10 nitrogen and oxygen atoms in total. The Kier molecular flexibility index (Phi) is 12.4. The molecule has 1 saturated heterocycles. The van der Waals surface area contributed by atoms with Crippen molar-refractivity contribution in [2.24, 2.45) is 0 Å². The van der Waals surface area contributed by atoms with Crippen LogP contribution in [0.3, 0.4) is 0 Å². The first-order valence-corrected chi connectivity index (χ1v) is 16.0. The van der Waals surface area contributed by atoms with Gasteiger partial charge in [-0.3, -0.25) is 4.18 Å². The number of benzene rings is 1. The molecule has 1 aromatic carbocycles. The van der Waals surface area contributed by atoms with E-state index in [1.165, 1.54) is 15.6 Å². The van der Waals surface area contributed by atoms with E-state index in [9.17, 15) is 13.2 Å². The highest BCUT2D eigenvalue weighted by Gasteiger charge is 2.23. The van der Waals surface area contributed by atoms with Crippen LogP contribution < -0.4 is 10.6 Å². The van der Waals surface area contributed by atoms with Crippen LogP contribution in [0.5, 0.6) is 0 Å². The van der Waals surface area contributed by atoms with Crippen LogP contribution in [0, 0.1) is 0 Å². The van der Waals surface area contributed by atoms with E-state index in [1.807, 2.05) is 48.9 Å². The van der Waals surface area contributed by atoms with E-state index in [-0.39, 0.29) is 5.69 Å². The van der Waals surface area contributed by atoms with Crippen molar-refractivity contribution >= 4 is 27.6 Å². The number of allylic oxidation sites excluding steroid dienone is 2. The van der Waals surface area contributed by atoms with Gasteiger partial charge in [0, 0.05) is 37.6 Å². The van der Waals surface area contributed by atoms with E-state index in [4.69, 9.17) is 8.92 Å². The third-order valence-electron chi connectivity index (χ3n) is 6.20. The molecule has 0 amide bonds. The fraction of sp³-hybridized carbons (Fsp3) is 0.481. The van der Waals surface area contributed by atoms with E-state index in [1.54, 1.807) is 32.7 Å². The Bertz CT molecular complexity index is 1280. The van der Waals surface area contributed by atoms with Crippen LogP contribution in [-0.4, -0.2) is 85.8 Å².